The minimum absolute atomic E-state index is 0.0477. The number of Topliss-reactive ketones (excluding diaryl/α,β-unsaturated/α-hetero) is 1. The van der Waals surface area contributed by atoms with Crippen LogP contribution in [0, 0.1) is 5.92 Å². The van der Waals surface area contributed by atoms with Crippen LogP contribution in [0.2, 0.25) is 0 Å². The number of aliphatic hydroxyl groups excluding tert-OH is 1. The molecule has 0 bridgehead atoms. The fourth-order valence-corrected chi connectivity index (χ4v) is 3.77. The first kappa shape index (κ1) is 20.0. The van der Waals surface area contributed by atoms with Crippen LogP contribution >= 0.6 is 0 Å². The van der Waals surface area contributed by atoms with Gasteiger partial charge in [0.05, 0.1) is 12.6 Å². The van der Waals surface area contributed by atoms with Gasteiger partial charge in [0.2, 0.25) is 0 Å². The minimum atomic E-state index is -0.515. The van der Waals surface area contributed by atoms with E-state index < -0.39 is 17.6 Å². The molecule has 2 N–H and O–H groups in total. The van der Waals surface area contributed by atoms with Crippen molar-refractivity contribution in [2.75, 3.05) is 7.05 Å². The van der Waals surface area contributed by atoms with Crippen molar-refractivity contribution < 1.29 is 14.7 Å². The number of nitrogens with one attached hydrogen (secondary N) is 1. The Bertz CT molecular complexity index is 904. The van der Waals surface area contributed by atoms with Crippen molar-refractivity contribution in [1.29, 1.82) is 0 Å². The molecule has 1 saturated carbocycles. The molecule has 1 fully saturated rings. The Morgan fingerprint density at radius 1 is 1.18 bits per heavy atom. The molecule has 1 amide bonds. The van der Waals surface area contributed by atoms with Gasteiger partial charge in [-0.25, -0.2) is 0 Å². The molecular formula is C22H26N2O4. The van der Waals surface area contributed by atoms with Crippen molar-refractivity contribution in [3.8, 4) is 0 Å². The predicted octanol–water partition coefficient (Wildman–Crippen LogP) is 2.38. The fraction of sp³-hybridized carbons (Fsp3) is 0.409. The molecule has 1 aromatic carbocycles. The van der Waals surface area contributed by atoms with Crippen LogP contribution in [0.25, 0.3) is 0 Å². The summed E-state index contributed by atoms with van der Waals surface area (Å²) in [5, 5.41) is 12.6. The predicted molar refractivity (Wildman–Crippen MR) is 107 cm³/mol. The van der Waals surface area contributed by atoms with Crippen LogP contribution in [0.4, 0.5) is 0 Å². The Morgan fingerprint density at radius 2 is 1.89 bits per heavy atom. The maximum atomic E-state index is 12.9. The van der Waals surface area contributed by atoms with Crippen LogP contribution in [0.1, 0.15) is 58.4 Å². The summed E-state index contributed by atoms with van der Waals surface area (Å²) in [4.78, 5) is 37.8. The third-order valence-electron chi connectivity index (χ3n) is 5.39. The number of carbonyl (C=O) groups excluding carboxylic acids is 2. The van der Waals surface area contributed by atoms with Crippen LogP contribution in [0.3, 0.4) is 0 Å². The highest BCUT2D eigenvalue weighted by Gasteiger charge is 2.26. The largest absolute Gasteiger partial charge is 0.393 e. The first-order valence-corrected chi connectivity index (χ1v) is 9.71. The summed E-state index contributed by atoms with van der Waals surface area (Å²) in [7, 11) is 1.45. The van der Waals surface area contributed by atoms with E-state index in [0.717, 1.165) is 31.2 Å². The summed E-state index contributed by atoms with van der Waals surface area (Å²) in [6.45, 7) is 0.275. The Hall–Kier alpha value is -2.73. The lowest BCUT2D eigenvalue weighted by Gasteiger charge is -2.27. The highest BCUT2D eigenvalue weighted by atomic mass is 16.3. The molecule has 3 rings (SSSR count). The second kappa shape index (κ2) is 8.97. The Morgan fingerprint density at radius 3 is 2.57 bits per heavy atom. The zero-order chi connectivity index (χ0) is 20.1. The quantitative estimate of drug-likeness (QED) is 0.751. The number of aliphatic hydroxyl groups is 1. The molecule has 6 heteroatoms. The number of ketones is 1. The van der Waals surface area contributed by atoms with Gasteiger partial charge in [0.25, 0.3) is 11.5 Å². The zero-order valence-corrected chi connectivity index (χ0v) is 16.1. The van der Waals surface area contributed by atoms with Gasteiger partial charge >= 0.3 is 0 Å². The Kier molecular flexibility index (Phi) is 6.41. The first-order valence-electron chi connectivity index (χ1n) is 9.71. The van der Waals surface area contributed by atoms with Crippen molar-refractivity contribution >= 4 is 11.7 Å². The van der Waals surface area contributed by atoms with Gasteiger partial charge in [0.15, 0.2) is 5.78 Å². The number of hydrogen-bond donors (Lipinski definition) is 2. The van der Waals surface area contributed by atoms with Crippen LogP contribution in [-0.2, 0) is 6.54 Å². The van der Waals surface area contributed by atoms with Gasteiger partial charge in [-0.2, -0.15) is 0 Å². The van der Waals surface area contributed by atoms with Gasteiger partial charge in [0.1, 0.15) is 5.56 Å². The summed E-state index contributed by atoms with van der Waals surface area (Å²) in [6, 6.07) is 10.8. The van der Waals surface area contributed by atoms with Crippen molar-refractivity contribution in [2.45, 2.75) is 44.8 Å². The molecule has 0 saturated heterocycles. The Labute approximate surface area is 164 Å². The highest BCUT2D eigenvalue weighted by Crippen LogP contribution is 2.28. The van der Waals surface area contributed by atoms with Gasteiger partial charge in [-0.05, 0) is 30.4 Å². The molecule has 0 unspecified atom stereocenters. The lowest BCUT2D eigenvalue weighted by Crippen LogP contribution is -2.33. The van der Waals surface area contributed by atoms with Crippen LogP contribution in [0.5, 0.6) is 0 Å². The first-order chi connectivity index (χ1) is 13.5. The van der Waals surface area contributed by atoms with Crippen molar-refractivity contribution in [1.82, 2.24) is 9.88 Å². The molecule has 1 aromatic heterocycles. The molecule has 6 nitrogen and oxygen atoms in total. The smallest absolute Gasteiger partial charge is 0.263 e. The summed E-state index contributed by atoms with van der Waals surface area (Å²) < 4.78 is 1.41. The molecule has 2 atom stereocenters. The molecule has 0 aliphatic heterocycles. The average Bonchev–Trinajstić information content (AvgIpc) is 2.71. The van der Waals surface area contributed by atoms with E-state index in [1.807, 2.05) is 30.3 Å². The maximum absolute atomic E-state index is 12.9. The highest BCUT2D eigenvalue weighted by molar-refractivity contribution is 6.00. The van der Waals surface area contributed by atoms with Crippen molar-refractivity contribution in [2.24, 2.45) is 5.92 Å². The van der Waals surface area contributed by atoms with Crippen LogP contribution < -0.4 is 10.9 Å². The summed E-state index contributed by atoms with van der Waals surface area (Å²) in [6.07, 6.45) is 4.80. The van der Waals surface area contributed by atoms with Crippen LogP contribution in [-0.4, -0.2) is 34.5 Å². The number of rotatable bonds is 6. The summed E-state index contributed by atoms with van der Waals surface area (Å²) >= 11 is 0. The molecule has 0 radical (unpaired) electrons. The monoisotopic (exact) mass is 382 g/mol. The molecule has 148 valence electrons. The number of amides is 1. The summed E-state index contributed by atoms with van der Waals surface area (Å²) in [5.41, 5.74) is 0.748. The van der Waals surface area contributed by atoms with E-state index in [1.54, 1.807) is 0 Å². The average molecular weight is 382 g/mol. The number of nitrogens with zero attached hydrogens (tertiary/aromatic N) is 1. The van der Waals surface area contributed by atoms with Gasteiger partial charge in [0, 0.05) is 25.2 Å². The minimum Gasteiger partial charge on any atom is -0.393 e. The number of hydrogen-bond acceptors (Lipinski definition) is 4. The molecule has 2 aromatic rings. The maximum Gasteiger partial charge on any atom is 0.263 e. The van der Waals surface area contributed by atoms with Crippen molar-refractivity contribution in [3.63, 3.8) is 0 Å². The number of carbonyl (C=O) groups is 2. The number of benzene rings is 1. The molecular weight excluding hydrogens is 356 g/mol. The zero-order valence-electron chi connectivity index (χ0n) is 16.1. The van der Waals surface area contributed by atoms with Crippen molar-refractivity contribution in [3.05, 3.63) is 69.6 Å². The van der Waals surface area contributed by atoms with E-state index in [4.69, 9.17) is 0 Å². The second-order valence-corrected chi connectivity index (χ2v) is 7.38. The number of aromatic nitrogens is 1. The van der Waals surface area contributed by atoms with E-state index in [2.05, 4.69) is 5.32 Å². The molecule has 1 heterocycles. The van der Waals surface area contributed by atoms with E-state index >= 15 is 0 Å². The molecule has 0 spiro atoms. The van der Waals surface area contributed by atoms with Gasteiger partial charge < -0.3 is 15.0 Å². The third-order valence-corrected chi connectivity index (χ3v) is 5.39. The SMILES string of the molecule is CNC(=O)c1cc(C(=O)C[C@@H]2CCCC[C@@H]2O)cn(Cc2ccccc2)c1=O. The lowest BCUT2D eigenvalue weighted by molar-refractivity contribution is 0.0583. The topological polar surface area (TPSA) is 88.4 Å². The second-order valence-electron chi connectivity index (χ2n) is 7.38. The van der Waals surface area contributed by atoms with Gasteiger partial charge in [-0.1, -0.05) is 43.2 Å². The lowest BCUT2D eigenvalue weighted by atomic mass is 9.82. The molecule has 28 heavy (non-hydrogen) atoms. The van der Waals surface area contributed by atoms with E-state index in [1.165, 1.54) is 23.9 Å². The molecule has 1 aliphatic rings. The Balaban J connectivity index is 1.93. The van der Waals surface area contributed by atoms with E-state index in [9.17, 15) is 19.5 Å². The molecule has 1 aliphatic carbocycles. The van der Waals surface area contributed by atoms with E-state index in [-0.39, 0.29) is 30.2 Å². The van der Waals surface area contributed by atoms with Gasteiger partial charge in [-0.15, -0.1) is 0 Å². The van der Waals surface area contributed by atoms with E-state index in [0.29, 0.717) is 5.56 Å². The number of pyridine rings is 1. The van der Waals surface area contributed by atoms with Gasteiger partial charge in [-0.3, -0.25) is 14.4 Å². The normalized spacial score (nSPS) is 19.2. The van der Waals surface area contributed by atoms with Crippen LogP contribution in [0.15, 0.2) is 47.4 Å². The standard InChI is InChI=1S/C22H26N2O4/c1-23-21(27)18-11-17(20(26)12-16-9-5-6-10-19(16)25)14-24(22(18)28)13-15-7-3-2-4-8-15/h2-4,7-8,11,14,16,19,25H,5-6,9-10,12-13H2,1H3,(H,23,27)/t16-,19-/m0/s1. The third kappa shape index (κ3) is 4.57. The fourth-order valence-electron chi connectivity index (χ4n) is 3.77. The summed E-state index contributed by atoms with van der Waals surface area (Å²) in [5.74, 6) is -0.740.